The number of hydrogen-bond donors (Lipinski definition) is 2. The maximum Gasteiger partial charge on any atom is 0.357 e. The van der Waals surface area contributed by atoms with Crippen LogP contribution in [0.25, 0.3) is 0 Å². The number of carbonyl (C=O) groups is 1. The van der Waals surface area contributed by atoms with E-state index in [0.717, 1.165) is 19.3 Å². The molecular formula is C12H19N3O4S. The fourth-order valence-corrected chi connectivity index (χ4v) is 5.04. The third-order valence-electron chi connectivity index (χ3n) is 3.74. The molecule has 1 saturated heterocycles. The molecule has 2 rings (SSSR count). The van der Waals surface area contributed by atoms with Crippen LogP contribution in [0.15, 0.2) is 4.90 Å². The van der Waals surface area contributed by atoms with Gasteiger partial charge in [0.25, 0.3) is 0 Å². The number of carboxylic acid groups (broad SMARTS) is 1. The first-order valence-electron chi connectivity index (χ1n) is 6.58. The van der Waals surface area contributed by atoms with E-state index >= 15 is 0 Å². The van der Waals surface area contributed by atoms with E-state index in [-0.39, 0.29) is 22.7 Å². The monoisotopic (exact) mass is 301 g/mol. The molecule has 20 heavy (non-hydrogen) atoms. The zero-order valence-electron chi connectivity index (χ0n) is 11.8. The van der Waals surface area contributed by atoms with Crippen LogP contribution in [0.2, 0.25) is 0 Å². The van der Waals surface area contributed by atoms with Crippen LogP contribution in [0.4, 0.5) is 0 Å². The molecule has 7 nitrogen and oxygen atoms in total. The molecule has 0 bridgehead atoms. The van der Waals surface area contributed by atoms with Crippen molar-refractivity contribution in [2.24, 2.45) is 0 Å². The minimum absolute atomic E-state index is 0.139. The van der Waals surface area contributed by atoms with E-state index in [1.807, 2.05) is 13.8 Å². The minimum atomic E-state index is -3.86. The second-order valence-electron chi connectivity index (χ2n) is 5.30. The van der Waals surface area contributed by atoms with Gasteiger partial charge < -0.3 is 5.11 Å². The van der Waals surface area contributed by atoms with Gasteiger partial charge in [-0.05, 0) is 33.6 Å². The Hall–Kier alpha value is -1.41. The molecule has 2 N–H and O–H groups in total. The van der Waals surface area contributed by atoms with Crippen LogP contribution in [0.5, 0.6) is 0 Å². The van der Waals surface area contributed by atoms with Gasteiger partial charge in [-0.25, -0.2) is 13.2 Å². The van der Waals surface area contributed by atoms with Crippen molar-refractivity contribution in [2.45, 2.75) is 57.0 Å². The molecule has 112 valence electrons. The van der Waals surface area contributed by atoms with Crippen molar-refractivity contribution < 1.29 is 18.3 Å². The van der Waals surface area contributed by atoms with Crippen LogP contribution in [-0.4, -0.2) is 46.1 Å². The fraction of sp³-hybridized carbons (Fsp3) is 0.667. The number of piperidine rings is 1. The summed E-state index contributed by atoms with van der Waals surface area (Å²) in [7, 11) is -3.86. The number of H-pyrrole nitrogens is 1. The minimum Gasteiger partial charge on any atom is -0.476 e. The normalized spacial score (nSPS) is 24.8. The summed E-state index contributed by atoms with van der Waals surface area (Å²) >= 11 is 0. The number of hydrogen-bond acceptors (Lipinski definition) is 4. The van der Waals surface area contributed by atoms with Crippen molar-refractivity contribution in [2.75, 3.05) is 0 Å². The zero-order chi connectivity index (χ0) is 15.1. The Morgan fingerprint density at radius 3 is 2.40 bits per heavy atom. The van der Waals surface area contributed by atoms with E-state index in [4.69, 9.17) is 5.11 Å². The van der Waals surface area contributed by atoms with E-state index in [0.29, 0.717) is 0 Å². The summed E-state index contributed by atoms with van der Waals surface area (Å²) in [5.74, 6) is -1.34. The van der Waals surface area contributed by atoms with Crippen LogP contribution in [0.3, 0.4) is 0 Å². The second-order valence-corrected chi connectivity index (χ2v) is 7.08. The average molecular weight is 301 g/mol. The van der Waals surface area contributed by atoms with E-state index in [1.54, 1.807) is 0 Å². The van der Waals surface area contributed by atoms with Crippen molar-refractivity contribution >= 4 is 16.0 Å². The first kappa shape index (κ1) is 15.0. The Morgan fingerprint density at radius 1 is 1.35 bits per heavy atom. The highest BCUT2D eigenvalue weighted by atomic mass is 32.2. The number of aryl methyl sites for hydroxylation is 1. The van der Waals surface area contributed by atoms with E-state index in [2.05, 4.69) is 10.2 Å². The molecule has 1 fully saturated rings. The van der Waals surface area contributed by atoms with Crippen LogP contribution >= 0.6 is 0 Å². The smallest absolute Gasteiger partial charge is 0.357 e. The van der Waals surface area contributed by atoms with Gasteiger partial charge in [-0.15, -0.1) is 0 Å². The average Bonchev–Trinajstić information content (AvgIpc) is 2.71. The van der Waals surface area contributed by atoms with Crippen LogP contribution < -0.4 is 0 Å². The van der Waals surface area contributed by atoms with Gasteiger partial charge in [-0.2, -0.15) is 9.40 Å². The lowest BCUT2D eigenvalue weighted by molar-refractivity contribution is 0.0685. The lowest BCUT2D eigenvalue weighted by atomic mass is 10.0. The highest BCUT2D eigenvalue weighted by Crippen LogP contribution is 2.31. The number of aromatic carboxylic acids is 1. The van der Waals surface area contributed by atoms with Gasteiger partial charge in [0.05, 0.1) is 5.69 Å². The molecule has 0 aromatic carbocycles. The highest BCUT2D eigenvalue weighted by Gasteiger charge is 2.39. The summed E-state index contributed by atoms with van der Waals surface area (Å²) in [4.78, 5) is 10.9. The number of aromatic nitrogens is 2. The third kappa shape index (κ3) is 2.33. The molecule has 2 atom stereocenters. The highest BCUT2D eigenvalue weighted by molar-refractivity contribution is 7.89. The lowest BCUT2D eigenvalue weighted by Gasteiger charge is -2.37. The standard InChI is InChI=1S/C12H19N3O4S/c1-7-5-4-6-8(2)15(7)20(18,19)11-9(3)13-14-10(11)12(16)17/h7-8H,4-6H2,1-3H3,(H,13,14)(H,16,17). The first-order chi connectivity index (χ1) is 9.26. The summed E-state index contributed by atoms with van der Waals surface area (Å²) in [6.07, 6.45) is 2.54. The van der Waals surface area contributed by atoms with Crippen molar-refractivity contribution in [1.82, 2.24) is 14.5 Å². The van der Waals surface area contributed by atoms with Gasteiger partial charge in [0.2, 0.25) is 10.0 Å². The van der Waals surface area contributed by atoms with Gasteiger partial charge in [0.15, 0.2) is 5.69 Å². The van der Waals surface area contributed by atoms with Gasteiger partial charge >= 0.3 is 5.97 Å². The van der Waals surface area contributed by atoms with Crippen molar-refractivity contribution in [3.63, 3.8) is 0 Å². The van der Waals surface area contributed by atoms with Crippen LogP contribution in [-0.2, 0) is 10.0 Å². The molecule has 2 heterocycles. The van der Waals surface area contributed by atoms with Crippen LogP contribution in [0, 0.1) is 6.92 Å². The first-order valence-corrected chi connectivity index (χ1v) is 8.02. The largest absolute Gasteiger partial charge is 0.476 e. The topological polar surface area (TPSA) is 103 Å². The van der Waals surface area contributed by atoms with Gasteiger partial charge in [-0.1, -0.05) is 6.42 Å². The molecule has 1 aromatic rings. The quantitative estimate of drug-likeness (QED) is 0.877. The zero-order valence-corrected chi connectivity index (χ0v) is 12.6. The molecule has 8 heteroatoms. The summed E-state index contributed by atoms with van der Waals surface area (Å²) in [5.41, 5.74) is -0.181. The number of sulfonamides is 1. The van der Waals surface area contributed by atoms with E-state index in [9.17, 15) is 13.2 Å². The maximum atomic E-state index is 12.8. The lowest BCUT2D eigenvalue weighted by Crippen LogP contribution is -2.47. The Labute approximate surface area is 118 Å². The fourth-order valence-electron chi connectivity index (χ4n) is 2.86. The predicted molar refractivity (Wildman–Crippen MR) is 72.1 cm³/mol. The molecule has 1 aliphatic rings. The molecule has 2 unspecified atom stereocenters. The van der Waals surface area contributed by atoms with Crippen molar-refractivity contribution in [3.05, 3.63) is 11.4 Å². The molecule has 1 aliphatic heterocycles. The summed E-state index contributed by atoms with van der Waals surface area (Å²) in [5, 5.41) is 15.2. The maximum absolute atomic E-state index is 12.8. The number of rotatable bonds is 3. The Bertz CT molecular complexity index is 613. The molecule has 0 aliphatic carbocycles. The molecular weight excluding hydrogens is 282 g/mol. The number of carboxylic acids is 1. The van der Waals surface area contributed by atoms with Gasteiger partial charge in [-0.3, -0.25) is 5.10 Å². The number of aromatic amines is 1. The summed E-state index contributed by atoms with van der Waals surface area (Å²) in [6, 6.07) is -0.278. The Balaban J connectivity index is 2.55. The van der Waals surface area contributed by atoms with Gasteiger partial charge in [0.1, 0.15) is 4.90 Å². The summed E-state index contributed by atoms with van der Waals surface area (Å²) < 4.78 is 27.1. The van der Waals surface area contributed by atoms with Gasteiger partial charge in [0, 0.05) is 12.1 Å². The molecule has 0 saturated carbocycles. The Morgan fingerprint density at radius 2 is 1.90 bits per heavy atom. The Kier molecular flexibility index (Phi) is 3.88. The number of nitrogens with zero attached hydrogens (tertiary/aromatic N) is 2. The molecule has 0 radical (unpaired) electrons. The molecule has 0 amide bonds. The van der Waals surface area contributed by atoms with Crippen LogP contribution in [0.1, 0.15) is 49.3 Å². The van der Waals surface area contributed by atoms with E-state index < -0.39 is 21.7 Å². The van der Waals surface area contributed by atoms with Crippen molar-refractivity contribution in [1.29, 1.82) is 0 Å². The third-order valence-corrected chi connectivity index (χ3v) is 6.03. The molecule has 1 aromatic heterocycles. The predicted octanol–water partition coefficient (Wildman–Crippen LogP) is 1.37. The SMILES string of the molecule is Cc1[nH]nc(C(=O)O)c1S(=O)(=O)N1C(C)CCCC1C. The van der Waals surface area contributed by atoms with Crippen molar-refractivity contribution in [3.8, 4) is 0 Å². The second kappa shape index (κ2) is 5.17. The van der Waals surface area contributed by atoms with E-state index in [1.165, 1.54) is 11.2 Å². The molecule has 0 spiro atoms. The number of nitrogens with one attached hydrogen (secondary N) is 1. The summed E-state index contributed by atoms with van der Waals surface area (Å²) in [6.45, 7) is 5.22.